The average Bonchev–Trinajstić information content (AvgIpc) is 3.30. The van der Waals surface area contributed by atoms with E-state index in [4.69, 9.17) is 0 Å². The second-order valence-corrected chi connectivity index (χ2v) is 9.37. The van der Waals surface area contributed by atoms with Crippen molar-refractivity contribution in [2.45, 2.75) is 25.6 Å². The second-order valence-electron chi connectivity index (χ2n) is 9.37. The van der Waals surface area contributed by atoms with E-state index in [2.05, 4.69) is 26.9 Å². The lowest BCUT2D eigenvalue weighted by molar-refractivity contribution is -0.128. The third-order valence-electron chi connectivity index (χ3n) is 7.42. The maximum atomic E-state index is 13.4. The zero-order valence-electron chi connectivity index (χ0n) is 19.0. The van der Waals surface area contributed by atoms with Crippen LogP contribution in [0.4, 0.5) is 9.18 Å². The van der Waals surface area contributed by atoms with Crippen molar-refractivity contribution in [3.8, 4) is 0 Å². The number of amides is 3. The van der Waals surface area contributed by atoms with E-state index in [1.165, 1.54) is 17.0 Å². The van der Waals surface area contributed by atoms with E-state index < -0.39 is 6.04 Å². The zero-order valence-corrected chi connectivity index (χ0v) is 19.0. The summed E-state index contributed by atoms with van der Waals surface area (Å²) in [7, 11) is 0. The molecule has 0 aliphatic carbocycles. The van der Waals surface area contributed by atoms with Gasteiger partial charge in [-0.15, -0.1) is 0 Å². The van der Waals surface area contributed by atoms with E-state index in [-0.39, 0.29) is 17.8 Å². The molecular formula is C26H28FN5O2. The lowest BCUT2D eigenvalue weighted by atomic mass is 9.97. The summed E-state index contributed by atoms with van der Waals surface area (Å²) < 4.78 is 15.7. The number of piperazine rings is 1. The van der Waals surface area contributed by atoms with Gasteiger partial charge in [0.05, 0.1) is 6.54 Å². The van der Waals surface area contributed by atoms with Crippen molar-refractivity contribution in [3.63, 3.8) is 0 Å². The number of carbonyl (C=O) groups excluding carboxylic acids is 2. The summed E-state index contributed by atoms with van der Waals surface area (Å²) in [6, 6.07) is 14.1. The maximum Gasteiger partial charge on any atom is 0.327 e. The molecular weight excluding hydrogens is 433 g/mol. The van der Waals surface area contributed by atoms with Gasteiger partial charge in [-0.2, -0.15) is 0 Å². The third kappa shape index (κ3) is 3.58. The van der Waals surface area contributed by atoms with E-state index in [1.54, 1.807) is 17.0 Å². The minimum atomic E-state index is -0.437. The predicted molar refractivity (Wildman–Crippen MR) is 127 cm³/mol. The van der Waals surface area contributed by atoms with Crippen LogP contribution in [0, 0.1) is 5.82 Å². The molecule has 1 atom stereocenters. The summed E-state index contributed by atoms with van der Waals surface area (Å²) in [4.78, 5) is 32.1. The van der Waals surface area contributed by atoms with Crippen LogP contribution in [0.3, 0.4) is 0 Å². The van der Waals surface area contributed by atoms with E-state index >= 15 is 0 Å². The molecule has 0 bridgehead atoms. The Kier molecular flexibility index (Phi) is 5.34. The van der Waals surface area contributed by atoms with Crippen LogP contribution < -0.4 is 5.32 Å². The highest BCUT2D eigenvalue weighted by molar-refractivity contribution is 6.05. The molecule has 3 aliphatic rings. The molecule has 1 N–H and O–H groups in total. The zero-order chi connectivity index (χ0) is 23.2. The number of fused-ring (bicyclic) bond motifs is 4. The molecule has 176 valence electrons. The number of carbonyl (C=O) groups is 2. The lowest BCUT2D eigenvalue weighted by Gasteiger charge is -2.29. The minimum absolute atomic E-state index is 0.0823. The Morgan fingerprint density at radius 3 is 2.53 bits per heavy atom. The number of nitrogens with zero attached hydrogens (tertiary/aromatic N) is 4. The van der Waals surface area contributed by atoms with Gasteiger partial charge >= 0.3 is 6.03 Å². The van der Waals surface area contributed by atoms with Crippen molar-refractivity contribution in [3.05, 3.63) is 71.2 Å². The minimum Gasteiger partial charge on any atom is -0.338 e. The monoisotopic (exact) mass is 461 g/mol. The Morgan fingerprint density at radius 1 is 0.971 bits per heavy atom. The molecule has 2 fully saturated rings. The van der Waals surface area contributed by atoms with Crippen molar-refractivity contribution in [1.82, 2.24) is 24.6 Å². The fourth-order valence-electron chi connectivity index (χ4n) is 5.60. The molecule has 34 heavy (non-hydrogen) atoms. The first-order valence-electron chi connectivity index (χ1n) is 12.0. The van der Waals surface area contributed by atoms with Crippen molar-refractivity contribution in [2.24, 2.45) is 0 Å². The number of imide groups is 1. The van der Waals surface area contributed by atoms with Crippen molar-refractivity contribution in [2.75, 3.05) is 39.3 Å². The SMILES string of the molecule is O=C1C2Cc3c(n(Cc4ccc(F)cc4)c4ccccc34)CN2C(=O)N1CCN1CCNCC1. The van der Waals surface area contributed by atoms with Crippen LogP contribution in [-0.4, -0.2) is 76.5 Å². The van der Waals surface area contributed by atoms with E-state index in [1.807, 2.05) is 12.1 Å². The fraction of sp³-hybridized carbons (Fsp3) is 0.385. The molecule has 8 heteroatoms. The van der Waals surface area contributed by atoms with Crippen molar-refractivity contribution < 1.29 is 14.0 Å². The van der Waals surface area contributed by atoms with E-state index in [0.717, 1.165) is 53.9 Å². The lowest BCUT2D eigenvalue weighted by Crippen LogP contribution is -2.47. The number of urea groups is 1. The molecule has 3 amide bonds. The Bertz CT molecular complexity index is 1250. The third-order valence-corrected chi connectivity index (χ3v) is 7.42. The molecule has 0 radical (unpaired) electrons. The van der Waals surface area contributed by atoms with Gasteiger partial charge in [-0.25, -0.2) is 9.18 Å². The number of rotatable bonds is 5. The maximum absolute atomic E-state index is 13.4. The topological polar surface area (TPSA) is 60.8 Å². The van der Waals surface area contributed by atoms with Crippen molar-refractivity contribution >= 4 is 22.8 Å². The Balaban J connectivity index is 1.29. The summed E-state index contributed by atoms with van der Waals surface area (Å²) in [5.74, 6) is -0.339. The Hall–Kier alpha value is -3.23. The predicted octanol–water partition coefficient (Wildman–Crippen LogP) is 2.42. The average molecular weight is 462 g/mol. The molecule has 0 spiro atoms. The van der Waals surface area contributed by atoms with E-state index in [9.17, 15) is 14.0 Å². The number of para-hydroxylation sites is 1. The molecule has 1 unspecified atom stereocenters. The van der Waals surface area contributed by atoms with Gasteiger partial charge < -0.3 is 14.8 Å². The molecule has 7 nitrogen and oxygen atoms in total. The summed E-state index contributed by atoms with van der Waals surface area (Å²) in [5, 5.41) is 4.45. The van der Waals surface area contributed by atoms with Crippen LogP contribution in [0.25, 0.3) is 10.9 Å². The first-order chi connectivity index (χ1) is 16.6. The molecule has 3 aromatic rings. The van der Waals surface area contributed by atoms with Crippen LogP contribution in [-0.2, 0) is 24.3 Å². The number of halogens is 1. The van der Waals surface area contributed by atoms with E-state index in [0.29, 0.717) is 32.6 Å². The Labute approximate surface area is 197 Å². The number of nitrogens with one attached hydrogen (secondary N) is 1. The van der Waals surface area contributed by atoms with Crippen LogP contribution >= 0.6 is 0 Å². The number of aromatic nitrogens is 1. The van der Waals surface area contributed by atoms with Gasteiger partial charge in [0.1, 0.15) is 11.9 Å². The van der Waals surface area contributed by atoms with Gasteiger partial charge in [-0.3, -0.25) is 14.6 Å². The van der Waals surface area contributed by atoms with Gasteiger partial charge in [0.25, 0.3) is 5.91 Å². The van der Waals surface area contributed by atoms with Crippen LogP contribution in [0.1, 0.15) is 16.8 Å². The van der Waals surface area contributed by atoms with Crippen LogP contribution in [0.5, 0.6) is 0 Å². The van der Waals surface area contributed by atoms with Gasteiger partial charge in [-0.05, 0) is 29.3 Å². The number of benzene rings is 2. The molecule has 0 saturated carbocycles. The summed E-state index contributed by atoms with van der Waals surface area (Å²) >= 11 is 0. The first kappa shape index (κ1) is 21.3. The normalized spacial score (nSPS) is 20.8. The highest BCUT2D eigenvalue weighted by Gasteiger charge is 2.48. The molecule has 6 rings (SSSR count). The van der Waals surface area contributed by atoms with Crippen LogP contribution in [0.2, 0.25) is 0 Å². The summed E-state index contributed by atoms with van der Waals surface area (Å²) in [5.41, 5.74) is 4.28. The quantitative estimate of drug-likeness (QED) is 0.593. The first-order valence-corrected chi connectivity index (χ1v) is 12.0. The molecule has 1 aromatic heterocycles. The van der Waals surface area contributed by atoms with Crippen LogP contribution in [0.15, 0.2) is 48.5 Å². The highest BCUT2D eigenvalue weighted by Crippen LogP contribution is 2.36. The molecule has 3 aliphatic heterocycles. The smallest absolute Gasteiger partial charge is 0.327 e. The largest absolute Gasteiger partial charge is 0.338 e. The summed E-state index contributed by atoms with van der Waals surface area (Å²) in [6.45, 7) is 5.90. The Morgan fingerprint density at radius 2 is 1.74 bits per heavy atom. The molecule has 2 saturated heterocycles. The number of hydrogen-bond donors (Lipinski definition) is 1. The van der Waals surface area contributed by atoms with Crippen molar-refractivity contribution in [1.29, 1.82) is 0 Å². The molecule has 2 aromatic carbocycles. The number of hydrogen-bond acceptors (Lipinski definition) is 4. The van der Waals surface area contributed by atoms with Gasteiger partial charge in [0.15, 0.2) is 0 Å². The standard InChI is InChI=1S/C26H28FN5O2/c27-19-7-5-18(6-8-19)16-31-22-4-2-1-3-20(22)21-15-23-25(33)30(26(34)32(23)17-24(21)31)14-13-29-11-9-28-10-12-29/h1-8,23,28H,9-17H2. The summed E-state index contributed by atoms with van der Waals surface area (Å²) in [6.07, 6.45) is 0.529. The second kappa shape index (κ2) is 8.52. The molecule has 4 heterocycles. The fourth-order valence-corrected chi connectivity index (χ4v) is 5.60. The highest BCUT2D eigenvalue weighted by atomic mass is 19.1. The van der Waals surface area contributed by atoms with Gasteiger partial charge in [0.2, 0.25) is 0 Å². The van der Waals surface area contributed by atoms with Gasteiger partial charge in [0, 0.05) is 68.8 Å². The van der Waals surface area contributed by atoms with Gasteiger partial charge in [-0.1, -0.05) is 30.3 Å².